The Balaban J connectivity index is 1.36. The SMILES string of the molecule is O=C(NC1CCCCC1)N1CCC[C@H]1c1nc2cc(-c3ccc(F)cc3)ccc2o1. The predicted octanol–water partition coefficient (Wildman–Crippen LogP) is 5.81. The zero-order valence-corrected chi connectivity index (χ0v) is 16.9. The first-order valence-corrected chi connectivity index (χ1v) is 10.9. The Bertz CT molecular complexity index is 1040. The number of likely N-dealkylation sites (tertiary alicyclic amines) is 1. The topological polar surface area (TPSA) is 58.4 Å². The summed E-state index contributed by atoms with van der Waals surface area (Å²) >= 11 is 0. The molecule has 6 heteroatoms. The number of fused-ring (bicyclic) bond motifs is 1. The molecule has 1 aliphatic heterocycles. The first-order chi connectivity index (χ1) is 14.7. The number of halogens is 1. The lowest BCUT2D eigenvalue weighted by molar-refractivity contribution is 0.178. The standard InChI is InChI=1S/C24H26FN3O2/c25-18-11-8-16(9-12-18)17-10-13-22-20(15-17)27-23(30-22)21-7-4-14-28(21)24(29)26-19-5-2-1-3-6-19/h8-13,15,19,21H,1-7,14H2,(H,26,29)/t21-/m0/s1. The van der Waals surface area contributed by atoms with Crippen molar-refractivity contribution in [2.24, 2.45) is 0 Å². The molecule has 5 nitrogen and oxygen atoms in total. The van der Waals surface area contributed by atoms with Crippen LogP contribution < -0.4 is 5.32 Å². The lowest BCUT2D eigenvalue weighted by Gasteiger charge is -2.28. The molecule has 2 aliphatic rings. The third-order valence-corrected chi connectivity index (χ3v) is 6.31. The van der Waals surface area contributed by atoms with Gasteiger partial charge in [0.05, 0.1) is 0 Å². The van der Waals surface area contributed by atoms with E-state index in [0.29, 0.717) is 11.5 Å². The number of nitrogens with one attached hydrogen (secondary N) is 1. The smallest absolute Gasteiger partial charge is 0.318 e. The summed E-state index contributed by atoms with van der Waals surface area (Å²) in [6, 6.07) is 12.4. The van der Waals surface area contributed by atoms with E-state index in [9.17, 15) is 9.18 Å². The van der Waals surface area contributed by atoms with Gasteiger partial charge in [-0.15, -0.1) is 0 Å². The molecule has 0 spiro atoms. The number of carbonyl (C=O) groups excluding carboxylic acids is 1. The van der Waals surface area contributed by atoms with Crippen molar-refractivity contribution < 1.29 is 13.6 Å². The largest absolute Gasteiger partial charge is 0.438 e. The Hall–Kier alpha value is -2.89. The van der Waals surface area contributed by atoms with Crippen LogP contribution in [-0.4, -0.2) is 28.5 Å². The third-order valence-electron chi connectivity index (χ3n) is 6.31. The fourth-order valence-electron chi connectivity index (χ4n) is 4.68. The van der Waals surface area contributed by atoms with Gasteiger partial charge in [-0.2, -0.15) is 0 Å². The molecule has 5 rings (SSSR count). The number of aromatic nitrogens is 1. The number of oxazole rings is 1. The number of hydrogen-bond acceptors (Lipinski definition) is 3. The average molecular weight is 407 g/mol. The lowest BCUT2D eigenvalue weighted by atomic mass is 9.96. The minimum atomic E-state index is -0.253. The van der Waals surface area contributed by atoms with Crippen LogP contribution in [0.15, 0.2) is 46.9 Å². The fraction of sp³-hybridized carbons (Fsp3) is 0.417. The zero-order chi connectivity index (χ0) is 20.5. The second-order valence-electron chi connectivity index (χ2n) is 8.38. The Kier molecular flexibility index (Phi) is 5.15. The van der Waals surface area contributed by atoms with Crippen molar-refractivity contribution in [1.82, 2.24) is 15.2 Å². The summed E-state index contributed by atoms with van der Waals surface area (Å²) in [5, 5.41) is 3.22. The predicted molar refractivity (Wildman–Crippen MR) is 113 cm³/mol. The maximum absolute atomic E-state index is 13.2. The summed E-state index contributed by atoms with van der Waals surface area (Å²) in [4.78, 5) is 19.5. The Morgan fingerprint density at radius 3 is 2.57 bits per heavy atom. The molecule has 1 atom stereocenters. The average Bonchev–Trinajstić information content (AvgIpc) is 3.41. The van der Waals surface area contributed by atoms with E-state index in [-0.39, 0.29) is 23.9 Å². The van der Waals surface area contributed by atoms with Crippen molar-refractivity contribution in [3.8, 4) is 11.1 Å². The van der Waals surface area contributed by atoms with Gasteiger partial charge in [0.1, 0.15) is 17.4 Å². The van der Waals surface area contributed by atoms with Gasteiger partial charge >= 0.3 is 6.03 Å². The molecule has 1 saturated carbocycles. The Labute approximate surface area is 175 Å². The molecule has 0 unspecified atom stereocenters. The normalized spacial score (nSPS) is 20.0. The van der Waals surface area contributed by atoms with Crippen LogP contribution in [0.25, 0.3) is 22.2 Å². The summed E-state index contributed by atoms with van der Waals surface area (Å²) in [5.74, 6) is 0.342. The third kappa shape index (κ3) is 3.78. The summed E-state index contributed by atoms with van der Waals surface area (Å²) in [7, 11) is 0. The summed E-state index contributed by atoms with van der Waals surface area (Å²) in [6.45, 7) is 0.725. The van der Waals surface area contributed by atoms with Crippen LogP contribution in [0.5, 0.6) is 0 Å². The van der Waals surface area contributed by atoms with Gasteiger partial charge in [0.25, 0.3) is 0 Å². The molecular formula is C24H26FN3O2. The maximum atomic E-state index is 13.2. The second-order valence-corrected chi connectivity index (χ2v) is 8.38. The molecule has 156 valence electrons. The minimum absolute atomic E-state index is 0.00124. The van der Waals surface area contributed by atoms with Crippen molar-refractivity contribution in [3.05, 3.63) is 54.2 Å². The molecule has 1 aliphatic carbocycles. The monoisotopic (exact) mass is 407 g/mol. The number of rotatable bonds is 3. The molecule has 3 aromatic rings. The number of hydrogen-bond donors (Lipinski definition) is 1. The number of amides is 2. The van der Waals surface area contributed by atoms with Gasteiger partial charge in [-0.25, -0.2) is 14.2 Å². The van der Waals surface area contributed by atoms with Gasteiger partial charge in [-0.1, -0.05) is 37.5 Å². The van der Waals surface area contributed by atoms with Crippen LogP contribution in [0, 0.1) is 5.82 Å². The lowest BCUT2D eigenvalue weighted by Crippen LogP contribution is -2.45. The molecule has 0 radical (unpaired) electrons. The van der Waals surface area contributed by atoms with Gasteiger partial charge in [-0.05, 0) is 61.1 Å². The Morgan fingerprint density at radius 2 is 1.77 bits per heavy atom. The van der Waals surface area contributed by atoms with Crippen molar-refractivity contribution >= 4 is 17.1 Å². The molecule has 2 fully saturated rings. The number of nitrogens with zero attached hydrogens (tertiary/aromatic N) is 2. The highest BCUT2D eigenvalue weighted by Crippen LogP contribution is 2.34. The van der Waals surface area contributed by atoms with Gasteiger partial charge < -0.3 is 14.6 Å². The maximum Gasteiger partial charge on any atom is 0.318 e. The van der Waals surface area contributed by atoms with Crippen LogP contribution in [0.2, 0.25) is 0 Å². The van der Waals surface area contributed by atoms with E-state index < -0.39 is 0 Å². The number of carbonyl (C=O) groups is 1. The van der Waals surface area contributed by atoms with Crippen molar-refractivity contribution in [2.75, 3.05) is 6.54 Å². The Morgan fingerprint density at radius 1 is 1.00 bits per heavy atom. The molecular weight excluding hydrogens is 381 g/mol. The molecule has 0 bridgehead atoms. The highest BCUT2D eigenvalue weighted by atomic mass is 19.1. The molecule has 1 saturated heterocycles. The molecule has 2 amide bonds. The van der Waals surface area contributed by atoms with E-state index in [2.05, 4.69) is 5.32 Å². The number of urea groups is 1. The van der Waals surface area contributed by atoms with Gasteiger partial charge in [0.15, 0.2) is 5.58 Å². The first kappa shape index (κ1) is 19.1. The summed E-state index contributed by atoms with van der Waals surface area (Å²) in [6.07, 6.45) is 7.59. The van der Waals surface area contributed by atoms with Gasteiger partial charge in [0, 0.05) is 12.6 Å². The molecule has 30 heavy (non-hydrogen) atoms. The van der Waals surface area contributed by atoms with Gasteiger partial charge in [-0.3, -0.25) is 0 Å². The van der Waals surface area contributed by atoms with Crippen LogP contribution in [0.1, 0.15) is 56.9 Å². The summed E-state index contributed by atoms with van der Waals surface area (Å²) < 4.78 is 19.3. The first-order valence-electron chi connectivity index (χ1n) is 10.9. The van der Waals surface area contributed by atoms with E-state index in [1.54, 1.807) is 12.1 Å². The van der Waals surface area contributed by atoms with E-state index in [1.165, 1.54) is 31.4 Å². The number of benzene rings is 2. The molecule has 1 N–H and O–H groups in total. The van der Waals surface area contributed by atoms with Crippen LogP contribution in [0.4, 0.5) is 9.18 Å². The van der Waals surface area contributed by atoms with Gasteiger partial charge in [0.2, 0.25) is 5.89 Å². The van der Waals surface area contributed by atoms with Crippen molar-refractivity contribution in [1.29, 1.82) is 0 Å². The molecule has 2 heterocycles. The van der Waals surface area contributed by atoms with E-state index in [4.69, 9.17) is 9.40 Å². The highest BCUT2D eigenvalue weighted by Gasteiger charge is 2.34. The van der Waals surface area contributed by atoms with Crippen LogP contribution in [0.3, 0.4) is 0 Å². The quantitative estimate of drug-likeness (QED) is 0.596. The molecule has 2 aromatic carbocycles. The fourth-order valence-corrected chi connectivity index (χ4v) is 4.68. The zero-order valence-electron chi connectivity index (χ0n) is 16.9. The van der Waals surface area contributed by atoms with E-state index >= 15 is 0 Å². The second kappa shape index (κ2) is 8.09. The summed E-state index contributed by atoms with van der Waals surface area (Å²) in [5.41, 5.74) is 3.35. The minimum Gasteiger partial charge on any atom is -0.438 e. The van der Waals surface area contributed by atoms with E-state index in [1.807, 2.05) is 23.1 Å². The van der Waals surface area contributed by atoms with Crippen LogP contribution >= 0.6 is 0 Å². The van der Waals surface area contributed by atoms with Crippen molar-refractivity contribution in [2.45, 2.75) is 57.0 Å². The molecule has 1 aromatic heterocycles. The van der Waals surface area contributed by atoms with Crippen LogP contribution in [-0.2, 0) is 0 Å². The van der Waals surface area contributed by atoms with Crippen molar-refractivity contribution in [3.63, 3.8) is 0 Å². The highest BCUT2D eigenvalue weighted by molar-refractivity contribution is 5.80. The van der Waals surface area contributed by atoms with E-state index in [0.717, 1.165) is 48.9 Å².